The molecule has 0 aromatic carbocycles. The molecule has 0 aliphatic heterocycles. The van der Waals surface area contributed by atoms with Crippen LogP contribution < -0.4 is 0 Å². The number of ketones is 1. The van der Waals surface area contributed by atoms with Crippen LogP contribution >= 0.6 is 0 Å². The van der Waals surface area contributed by atoms with E-state index in [4.69, 9.17) is 0 Å². The van der Waals surface area contributed by atoms with Gasteiger partial charge in [-0.05, 0) is 73.3 Å². The summed E-state index contributed by atoms with van der Waals surface area (Å²) in [5.41, 5.74) is 2.75. The molecule has 0 amide bonds. The Balaban J connectivity index is 1.75. The molecule has 4 saturated carbocycles. The Morgan fingerprint density at radius 3 is 2.11 bits per heavy atom. The van der Waals surface area contributed by atoms with E-state index in [1.807, 2.05) is 11.6 Å². The molecule has 4 fully saturated rings. The van der Waals surface area contributed by atoms with Crippen molar-refractivity contribution in [3.63, 3.8) is 0 Å². The monoisotopic (exact) mass is 257 g/mol. The molecule has 2 nitrogen and oxygen atoms in total. The standard InChI is InChI=1S/C17H23NO/c1-11(19)16-6-15(10-18(16)2)17-7-12-3-13(8-17)5-14(4-12)9-17/h6,10,12-14H,3-5,7-9H2,1-2H3. The molecular weight excluding hydrogens is 234 g/mol. The van der Waals surface area contributed by atoms with E-state index in [2.05, 4.69) is 12.3 Å². The van der Waals surface area contributed by atoms with Crippen molar-refractivity contribution in [2.75, 3.05) is 0 Å². The normalized spacial score (nSPS) is 39.8. The van der Waals surface area contributed by atoms with Gasteiger partial charge in [-0.2, -0.15) is 0 Å². The number of aromatic nitrogens is 1. The van der Waals surface area contributed by atoms with Gasteiger partial charge in [0.05, 0.1) is 5.69 Å². The molecule has 1 aromatic rings. The molecule has 0 atom stereocenters. The summed E-state index contributed by atoms with van der Waals surface area (Å²) in [7, 11) is 2.01. The maximum atomic E-state index is 11.7. The third-order valence-electron chi connectivity index (χ3n) is 6.02. The predicted molar refractivity (Wildman–Crippen MR) is 75.3 cm³/mol. The van der Waals surface area contributed by atoms with Crippen molar-refractivity contribution in [2.24, 2.45) is 24.8 Å². The van der Waals surface area contributed by atoms with Crippen LogP contribution in [0.4, 0.5) is 0 Å². The molecule has 19 heavy (non-hydrogen) atoms. The lowest BCUT2D eigenvalue weighted by atomic mass is 9.48. The number of aryl methyl sites for hydroxylation is 1. The van der Waals surface area contributed by atoms with Crippen LogP contribution in [0.25, 0.3) is 0 Å². The van der Waals surface area contributed by atoms with E-state index in [0.29, 0.717) is 5.41 Å². The molecule has 102 valence electrons. The largest absolute Gasteiger partial charge is 0.348 e. The molecule has 4 aliphatic carbocycles. The minimum absolute atomic E-state index is 0.193. The molecule has 4 bridgehead atoms. The predicted octanol–water partition coefficient (Wildman–Crippen LogP) is 3.70. The molecule has 0 saturated heterocycles. The topological polar surface area (TPSA) is 22.0 Å². The Morgan fingerprint density at radius 2 is 1.68 bits per heavy atom. The van der Waals surface area contributed by atoms with E-state index < -0.39 is 0 Å². The summed E-state index contributed by atoms with van der Waals surface area (Å²) in [4.78, 5) is 11.7. The van der Waals surface area contributed by atoms with Crippen LogP contribution in [-0.2, 0) is 12.5 Å². The first-order chi connectivity index (χ1) is 9.06. The van der Waals surface area contributed by atoms with Crippen LogP contribution in [-0.4, -0.2) is 10.4 Å². The Morgan fingerprint density at radius 1 is 1.16 bits per heavy atom. The van der Waals surface area contributed by atoms with Crippen molar-refractivity contribution in [1.29, 1.82) is 0 Å². The third-order valence-corrected chi connectivity index (χ3v) is 6.02. The van der Waals surface area contributed by atoms with Gasteiger partial charge in [0.1, 0.15) is 0 Å². The summed E-state index contributed by atoms with van der Waals surface area (Å²) in [6, 6.07) is 2.19. The zero-order valence-corrected chi connectivity index (χ0v) is 12.0. The maximum absolute atomic E-state index is 11.7. The van der Waals surface area contributed by atoms with Gasteiger partial charge < -0.3 is 4.57 Å². The van der Waals surface area contributed by atoms with Crippen LogP contribution in [0.1, 0.15) is 61.5 Å². The van der Waals surface area contributed by atoms with E-state index in [-0.39, 0.29) is 5.78 Å². The highest BCUT2D eigenvalue weighted by Crippen LogP contribution is 2.60. The maximum Gasteiger partial charge on any atom is 0.176 e. The Labute approximate surface area is 115 Å². The van der Waals surface area contributed by atoms with E-state index >= 15 is 0 Å². The van der Waals surface area contributed by atoms with Gasteiger partial charge in [-0.25, -0.2) is 0 Å². The Kier molecular flexibility index (Phi) is 2.31. The fourth-order valence-corrected chi connectivity index (χ4v) is 5.67. The first-order valence-electron chi connectivity index (χ1n) is 7.73. The van der Waals surface area contributed by atoms with E-state index in [0.717, 1.165) is 23.4 Å². The van der Waals surface area contributed by atoms with Crippen molar-refractivity contribution in [2.45, 2.75) is 50.9 Å². The van der Waals surface area contributed by atoms with E-state index in [1.54, 1.807) is 6.92 Å². The molecule has 0 spiro atoms. The minimum Gasteiger partial charge on any atom is -0.348 e. The fraction of sp³-hybridized carbons (Fsp3) is 0.706. The number of carbonyl (C=O) groups is 1. The smallest absolute Gasteiger partial charge is 0.176 e. The number of rotatable bonds is 2. The quantitative estimate of drug-likeness (QED) is 0.740. The summed E-state index contributed by atoms with van der Waals surface area (Å²) in [6.45, 7) is 1.68. The fourth-order valence-electron chi connectivity index (χ4n) is 5.67. The van der Waals surface area contributed by atoms with Gasteiger partial charge in [-0.15, -0.1) is 0 Å². The second-order valence-electron chi connectivity index (χ2n) is 7.48. The van der Waals surface area contributed by atoms with Gasteiger partial charge in [-0.3, -0.25) is 4.79 Å². The number of hydrogen-bond donors (Lipinski definition) is 0. The zero-order chi connectivity index (χ0) is 13.2. The highest BCUT2D eigenvalue weighted by atomic mass is 16.1. The molecule has 0 unspecified atom stereocenters. The van der Waals surface area contributed by atoms with Crippen molar-refractivity contribution in [1.82, 2.24) is 4.57 Å². The molecule has 1 aromatic heterocycles. The lowest BCUT2D eigenvalue weighted by Gasteiger charge is -2.56. The lowest BCUT2D eigenvalue weighted by Crippen LogP contribution is -2.48. The van der Waals surface area contributed by atoms with Crippen molar-refractivity contribution < 1.29 is 4.79 Å². The average Bonchev–Trinajstić information content (AvgIpc) is 2.70. The molecule has 2 heteroatoms. The summed E-state index contributed by atoms with van der Waals surface area (Å²) < 4.78 is 2.04. The highest BCUT2D eigenvalue weighted by Gasteiger charge is 2.51. The molecule has 0 radical (unpaired) electrons. The highest BCUT2D eigenvalue weighted by molar-refractivity contribution is 5.92. The van der Waals surface area contributed by atoms with Crippen LogP contribution in [0.15, 0.2) is 12.3 Å². The van der Waals surface area contributed by atoms with Gasteiger partial charge in [-0.1, -0.05) is 0 Å². The van der Waals surface area contributed by atoms with Gasteiger partial charge >= 0.3 is 0 Å². The Hall–Kier alpha value is -1.05. The SMILES string of the molecule is CC(=O)c1cc(C23CC4CC(CC(C4)C2)C3)cn1C. The number of nitrogens with zero attached hydrogens (tertiary/aromatic N) is 1. The number of carbonyl (C=O) groups excluding carboxylic acids is 1. The van der Waals surface area contributed by atoms with Crippen molar-refractivity contribution >= 4 is 5.78 Å². The zero-order valence-electron chi connectivity index (χ0n) is 12.0. The van der Waals surface area contributed by atoms with Crippen molar-refractivity contribution in [3.8, 4) is 0 Å². The van der Waals surface area contributed by atoms with Gasteiger partial charge in [0, 0.05) is 20.2 Å². The van der Waals surface area contributed by atoms with Gasteiger partial charge in [0.25, 0.3) is 0 Å². The second kappa shape index (κ2) is 3.74. The van der Waals surface area contributed by atoms with Crippen LogP contribution in [0.2, 0.25) is 0 Å². The first kappa shape index (κ1) is 11.7. The summed E-state index contributed by atoms with van der Waals surface area (Å²) >= 11 is 0. The first-order valence-corrected chi connectivity index (χ1v) is 7.73. The molecular formula is C17H23NO. The summed E-state index contributed by atoms with van der Waals surface area (Å²) in [6.07, 6.45) is 10.8. The lowest BCUT2D eigenvalue weighted by molar-refractivity contribution is -0.00518. The summed E-state index contributed by atoms with van der Waals surface area (Å²) in [5, 5.41) is 0. The number of hydrogen-bond acceptors (Lipinski definition) is 1. The minimum atomic E-state index is 0.193. The molecule has 4 aliphatic rings. The third kappa shape index (κ3) is 1.65. The van der Waals surface area contributed by atoms with Crippen LogP contribution in [0.5, 0.6) is 0 Å². The van der Waals surface area contributed by atoms with E-state index in [9.17, 15) is 4.79 Å². The average molecular weight is 257 g/mol. The van der Waals surface area contributed by atoms with Crippen LogP contribution in [0.3, 0.4) is 0 Å². The van der Waals surface area contributed by atoms with Crippen molar-refractivity contribution in [3.05, 3.63) is 23.5 Å². The Bertz CT molecular complexity index is 504. The molecule has 5 rings (SSSR count). The molecule has 0 N–H and O–H groups in total. The second-order valence-corrected chi connectivity index (χ2v) is 7.48. The van der Waals surface area contributed by atoms with Gasteiger partial charge in [0.15, 0.2) is 5.78 Å². The van der Waals surface area contributed by atoms with Gasteiger partial charge in [0.2, 0.25) is 0 Å². The van der Waals surface area contributed by atoms with Crippen LogP contribution in [0, 0.1) is 17.8 Å². The van der Waals surface area contributed by atoms with E-state index in [1.165, 1.54) is 44.1 Å². The number of Topliss-reactive ketones (excluding diaryl/α,β-unsaturated/α-hetero) is 1. The summed E-state index contributed by atoms with van der Waals surface area (Å²) in [5.74, 6) is 3.09. The molecule has 1 heterocycles.